The van der Waals surface area contributed by atoms with E-state index in [0.29, 0.717) is 12.2 Å². The molecule has 4 aliphatic rings. The van der Waals surface area contributed by atoms with Gasteiger partial charge in [0.2, 0.25) is 0 Å². The molecule has 0 aliphatic heterocycles. The first-order chi connectivity index (χ1) is 17.1. The van der Waals surface area contributed by atoms with E-state index >= 15 is 0 Å². The average Bonchev–Trinajstić information content (AvgIpc) is 2.87. The zero-order valence-electron chi connectivity index (χ0n) is 20.7. The maximum Gasteiger partial charge on any atom is 0.315 e. The molecular weight excluding hydrogens is 436 g/mol. The number of benzene rings is 3. The van der Waals surface area contributed by atoms with Gasteiger partial charge in [0, 0.05) is 18.2 Å². The molecule has 4 saturated carbocycles. The maximum absolute atomic E-state index is 11.7. The molecule has 7 rings (SSSR count). The molecule has 4 aliphatic carbocycles. The zero-order chi connectivity index (χ0) is 24.0. The van der Waals surface area contributed by atoms with Gasteiger partial charge >= 0.3 is 6.48 Å². The Bertz CT molecular complexity index is 1210. The summed E-state index contributed by atoms with van der Waals surface area (Å²) in [5.74, 6) is 3.39. The van der Waals surface area contributed by atoms with E-state index in [9.17, 15) is 4.79 Å². The van der Waals surface area contributed by atoms with Crippen LogP contribution in [0.3, 0.4) is 0 Å². The van der Waals surface area contributed by atoms with Crippen molar-refractivity contribution in [3.63, 3.8) is 0 Å². The van der Waals surface area contributed by atoms with Crippen molar-refractivity contribution >= 4 is 17.1 Å². The SMILES string of the molecule is CCOC(OC)Oc1cc2ccc(-c3ccccc3C=O)cc2cc1C12CC3CC(CC(C3)C1)C2. The molecule has 1 unspecified atom stereocenters. The quantitative estimate of drug-likeness (QED) is 0.259. The van der Waals surface area contributed by atoms with Crippen molar-refractivity contribution in [2.24, 2.45) is 17.8 Å². The van der Waals surface area contributed by atoms with Gasteiger partial charge in [0.05, 0.1) is 6.61 Å². The fourth-order valence-electron chi connectivity index (χ4n) is 7.65. The van der Waals surface area contributed by atoms with E-state index in [2.05, 4.69) is 30.3 Å². The van der Waals surface area contributed by atoms with Crippen molar-refractivity contribution < 1.29 is 19.0 Å². The minimum absolute atomic E-state index is 0.166. The van der Waals surface area contributed by atoms with E-state index in [-0.39, 0.29) is 5.41 Å². The topological polar surface area (TPSA) is 44.8 Å². The van der Waals surface area contributed by atoms with Gasteiger partial charge in [0.25, 0.3) is 0 Å². The van der Waals surface area contributed by atoms with Crippen LogP contribution < -0.4 is 4.74 Å². The smallest absolute Gasteiger partial charge is 0.315 e. The van der Waals surface area contributed by atoms with E-state index in [4.69, 9.17) is 14.2 Å². The van der Waals surface area contributed by atoms with Gasteiger partial charge in [-0.2, -0.15) is 0 Å². The molecule has 0 saturated heterocycles. The van der Waals surface area contributed by atoms with Gasteiger partial charge in [-0.1, -0.05) is 36.4 Å². The van der Waals surface area contributed by atoms with Crippen LogP contribution in [-0.2, 0) is 14.9 Å². The average molecular weight is 471 g/mol. The number of fused-ring (bicyclic) bond motifs is 1. The van der Waals surface area contributed by atoms with Gasteiger partial charge in [0.15, 0.2) is 6.29 Å². The number of methoxy groups -OCH3 is 1. The van der Waals surface area contributed by atoms with Crippen LogP contribution >= 0.6 is 0 Å². The molecule has 0 spiro atoms. The summed E-state index contributed by atoms with van der Waals surface area (Å²) >= 11 is 0. The minimum Gasteiger partial charge on any atom is -0.441 e. The van der Waals surface area contributed by atoms with Crippen molar-refractivity contribution in [1.82, 2.24) is 0 Å². The molecule has 0 amide bonds. The molecule has 4 heteroatoms. The molecule has 0 radical (unpaired) electrons. The number of hydrogen-bond donors (Lipinski definition) is 0. The molecule has 0 aromatic heterocycles. The first-order valence-electron chi connectivity index (χ1n) is 13.0. The predicted molar refractivity (Wildman–Crippen MR) is 138 cm³/mol. The lowest BCUT2D eigenvalue weighted by atomic mass is 9.48. The fraction of sp³-hybridized carbons (Fsp3) is 0.452. The van der Waals surface area contributed by atoms with Gasteiger partial charge in [0.1, 0.15) is 5.75 Å². The number of hydrogen-bond acceptors (Lipinski definition) is 4. The molecule has 4 fully saturated rings. The van der Waals surface area contributed by atoms with Gasteiger partial charge < -0.3 is 14.2 Å². The van der Waals surface area contributed by atoms with Crippen LogP contribution in [0, 0.1) is 17.8 Å². The number of carbonyl (C=O) groups is 1. The van der Waals surface area contributed by atoms with Gasteiger partial charge in [-0.25, -0.2) is 0 Å². The Morgan fingerprint density at radius 3 is 2.31 bits per heavy atom. The lowest BCUT2D eigenvalue weighted by Gasteiger charge is -2.57. The third-order valence-corrected chi connectivity index (χ3v) is 8.67. The maximum atomic E-state index is 11.7. The summed E-state index contributed by atoms with van der Waals surface area (Å²) in [6, 6.07) is 18.8. The van der Waals surface area contributed by atoms with E-state index in [1.165, 1.54) is 49.5 Å². The Kier molecular flexibility index (Phi) is 5.90. The second kappa shape index (κ2) is 9.07. The second-order valence-corrected chi connectivity index (χ2v) is 10.9. The molecule has 35 heavy (non-hydrogen) atoms. The van der Waals surface area contributed by atoms with Crippen LogP contribution in [-0.4, -0.2) is 26.5 Å². The summed E-state index contributed by atoms with van der Waals surface area (Å²) in [6.45, 7) is 1.76. The summed E-state index contributed by atoms with van der Waals surface area (Å²) in [5, 5.41) is 2.30. The van der Waals surface area contributed by atoms with E-state index in [1.54, 1.807) is 7.11 Å². The Morgan fingerprint density at radius 1 is 0.943 bits per heavy atom. The first-order valence-corrected chi connectivity index (χ1v) is 13.0. The number of ether oxygens (including phenoxy) is 3. The highest BCUT2D eigenvalue weighted by atomic mass is 16.8. The van der Waals surface area contributed by atoms with E-state index < -0.39 is 6.48 Å². The minimum atomic E-state index is -0.719. The van der Waals surface area contributed by atoms with Crippen LogP contribution in [0.5, 0.6) is 5.75 Å². The molecule has 0 heterocycles. The van der Waals surface area contributed by atoms with Crippen molar-refractivity contribution in [3.8, 4) is 16.9 Å². The fourth-order valence-corrected chi connectivity index (χ4v) is 7.65. The Morgan fingerprint density at radius 2 is 1.66 bits per heavy atom. The Labute approximate surface area is 207 Å². The standard InChI is InChI=1S/C31H34O4/c1-3-34-30(33-2)35-29-15-23-8-9-24(27-7-5-4-6-25(27)19-32)13-26(23)14-28(29)31-16-20-10-21(17-31)12-22(11-20)18-31/h4-9,13-15,19-22,30H,3,10-12,16-18H2,1-2H3. The third-order valence-electron chi connectivity index (χ3n) is 8.67. The monoisotopic (exact) mass is 470 g/mol. The van der Waals surface area contributed by atoms with Crippen LogP contribution in [0.15, 0.2) is 54.6 Å². The third kappa shape index (κ3) is 4.07. The first kappa shape index (κ1) is 22.8. The molecule has 4 nitrogen and oxygen atoms in total. The zero-order valence-corrected chi connectivity index (χ0v) is 20.7. The van der Waals surface area contributed by atoms with Crippen LogP contribution in [0.4, 0.5) is 0 Å². The van der Waals surface area contributed by atoms with Crippen molar-refractivity contribution in [1.29, 1.82) is 0 Å². The summed E-state index contributed by atoms with van der Waals surface area (Å²) in [6.07, 6.45) is 8.89. The number of carbonyl (C=O) groups excluding carboxylic acids is 1. The van der Waals surface area contributed by atoms with Gasteiger partial charge in [-0.05, 0) is 109 Å². The molecule has 0 N–H and O–H groups in total. The molecule has 3 aromatic rings. The molecule has 3 aromatic carbocycles. The normalized spacial score (nSPS) is 27.8. The Hall–Kier alpha value is -2.69. The highest BCUT2D eigenvalue weighted by Gasteiger charge is 2.52. The lowest BCUT2D eigenvalue weighted by molar-refractivity contribution is -0.231. The van der Waals surface area contributed by atoms with Crippen molar-refractivity contribution in [3.05, 3.63) is 65.7 Å². The van der Waals surface area contributed by atoms with Crippen LogP contribution in [0.1, 0.15) is 61.4 Å². The summed E-state index contributed by atoms with van der Waals surface area (Å²) in [7, 11) is 1.63. The largest absolute Gasteiger partial charge is 0.441 e. The molecular formula is C31H34O4. The van der Waals surface area contributed by atoms with E-state index in [1.807, 2.05) is 31.2 Å². The van der Waals surface area contributed by atoms with Crippen molar-refractivity contribution in [2.75, 3.05) is 13.7 Å². The molecule has 182 valence electrons. The predicted octanol–water partition coefficient (Wildman–Crippen LogP) is 7.13. The molecule has 1 atom stereocenters. The highest BCUT2D eigenvalue weighted by molar-refractivity contribution is 5.93. The highest BCUT2D eigenvalue weighted by Crippen LogP contribution is 2.62. The summed E-state index contributed by atoms with van der Waals surface area (Å²) in [4.78, 5) is 11.7. The lowest BCUT2D eigenvalue weighted by Crippen LogP contribution is -2.48. The van der Waals surface area contributed by atoms with Gasteiger partial charge in [-0.3, -0.25) is 4.79 Å². The Balaban J connectivity index is 1.49. The van der Waals surface area contributed by atoms with Crippen LogP contribution in [0.25, 0.3) is 21.9 Å². The number of aldehydes is 1. The van der Waals surface area contributed by atoms with E-state index in [0.717, 1.165) is 46.3 Å². The summed E-state index contributed by atoms with van der Waals surface area (Å²) < 4.78 is 17.6. The molecule has 4 bridgehead atoms. The second-order valence-electron chi connectivity index (χ2n) is 10.9. The van der Waals surface area contributed by atoms with Gasteiger partial charge in [-0.15, -0.1) is 0 Å². The number of rotatable bonds is 8. The van der Waals surface area contributed by atoms with Crippen LogP contribution in [0.2, 0.25) is 0 Å². The summed E-state index contributed by atoms with van der Waals surface area (Å²) in [5.41, 5.74) is 4.23. The van der Waals surface area contributed by atoms with Crippen molar-refractivity contribution in [2.45, 2.75) is 57.3 Å².